The van der Waals surface area contributed by atoms with Gasteiger partial charge in [-0.25, -0.2) is 13.8 Å². The monoisotopic (exact) mass is 779 g/mol. The number of phenolic OH excluding ortho intramolecular Hbond substituents is 1. The molecule has 4 aliphatic heterocycles. The molecule has 1 saturated carbocycles. The normalized spacial score (nSPS) is 27.4. The number of halogens is 2. The summed E-state index contributed by atoms with van der Waals surface area (Å²) < 4.78 is 62.4. The predicted octanol–water partition coefficient (Wildman–Crippen LogP) is 4.99. The van der Waals surface area contributed by atoms with Crippen LogP contribution in [-0.4, -0.2) is 131 Å². The SMILES string of the molecule is CC.COc1nc(-c2cc(O)cc3cccc(F)c23)c(F)c2nc(OCC34CCCC3N(C3COC5(COC5)C3)CCC4)nc(N3CC(O)CO[C@@H](CO)C3)c12. The van der Waals surface area contributed by atoms with Crippen LogP contribution in [0.4, 0.5) is 14.6 Å². The summed E-state index contributed by atoms with van der Waals surface area (Å²) in [6, 6.07) is 7.56. The van der Waals surface area contributed by atoms with Crippen LogP contribution in [0.5, 0.6) is 17.6 Å². The topological polar surface area (TPSA) is 152 Å². The molecule has 56 heavy (non-hydrogen) atoms. The first-order chi connectivity index (χ1) is 27.2. The maximum atomic E-state index is 17.2. The van der Waals surface area contributed by atoms with Crippen molar-refractivity contribution in [3.05, 3.63) is 42.0 Å². The summed E-state index contributed by atoms with van der Waals surface area (Å²) in [7, 11) is 1.37. The van der Waals surface area contributed by atoms with Crippen molar-refractivity contribution in [2.24, 2.45) is 5.41 Å². The number of benzene rings is 2. The molecule has 6 heterocycles. The molecule has 5 aliphatic rings. The number of methoxy groups -OCH3 is 1. The third-order valence-electron chi connectivity index (χ3n) is 12.2. The summed E-state index contributed by atoms with van der Waals surface area (Å²) in [5, 5.41) is 32.1. The Hall–Kier alpha value is -3.99. The molecule has 13 nitrogen and oxygen atoms in total. The van der Waals surface area contributed by atoms with Gasteiger partial charge >= 0.3 is 6.01 Å². The number of piperidine rings is 1. The molecule has 0 bridgehead atoms. The Labute approximate surface area is 324 Å². The van der Waals surface area contributed by atoms with Gasteiger partial charge in [0.1, 0.15) is 39.6 Å². The number of pyridine rings is 1. The van der Waals surface area contributed by atoms with Crippen molar-refractivity contribution < 1.29 is 47.8 Å². The first-order valence-electron chi connectivity index (χ1n) is 19.8. The lowest BCUT2D eigenvalue weighted by Crippen LogP contribution is -2.56. The standard InChI is InChI=1S/C39H45F2N5O8.C2H6/c1-50-36-31-34(32(41)33(42-36)27-12-24(48)11-22-5-2-6-28(40)30(22)27)43-37(44-35(31)45-14-25(49)18-52-26(15-45)16-47)53-19-38-8-3-7-29(38)46(10-4-9-38)23-13-39(54-17-23)20-51-21-39;1-2/h2,5-6,11-12,23,25-26,29,47-49H,3-4,7-10,13-21H2,1H3;1-2H3/t23?,25?,26-,29?,38?;/m1./s1. The fraction of sp³-hybridized carbons (Fsp3) is 0.585. The van der Waals surface area contributed by atoms with E-state index in [9.17, 15) is 15.3 Å². The number of aromatic hydroxyl groups is 1. The summed E-state index contributed by atoms with van der Waals surface area (Å²) in [5.41, 5.74) is -0.782. The number of aromatic nitrogens is 3. The van der Waals surface area contributed by atoms with Crippen LogP contribution >= 0.6 is 0 Å². The molecule has 0 amide bonds. The number of likely N-dealkylation sites (tertiary alicyclic amines) is 1. The van der Waals surface area contributed by atoms with Gasteiger partial charge in [-0.05, 0) is 62.2 Å². The second-order valence-electron chi connectivity index (χ2n) is 15.6. The van der Waals surface area contributed by atoms with Crippen LogP contribution in [0.1, 0.15) is 52.4 Å². The molecule has 0 radical (unpaired) electrons. The van der Waals surface area contributed by atoms with E-state index in [1.807, 2.05) is 13.8 Å². The molecule has 302 valence electrons. The number of β-amino-alcohol motifs (C(OH)–C–C–N with tert-alkyl or cyclic N) is 1. The van der Waals surface area contributed by atoms with E-state index in [0.717, 1.165) is 45.1 Å². The molecule has 9 rings (SSSR count). The summed E-state index contributed by atoms with van der Waals surface area (Å²) in [4.78, 5) is 18.3. The average Bonchev–Trinajstić information content (AvgIpc) is 3.80. The van der Waals surface area contributed by atoms with E-state index in [-0.39, 0.29) is 94.4 Å². The highest BCUT2D eigenvalue weighted by atomic mass is 19.1. The number of hydrogen-bond donors (Lipinski definition) is 3. The van der Waals surface area contributed by atoms with Crippen LogP contribution in [0.25, 0.3) is 32.9 Å². The number of anilines is 1. The molecule has 4 aromatic rings. The van der Waals surface area contributed by atoms with Gasteiger partial charge in [-0.3, -0.25) is 4.90 Å². The lowest BCUT2D eigenvalue weighted by molar-refractivity contribution is -0.184. The largest absolute Gasteiger partial charge is 0.508 e. The minimum Gasteiger partial charge on any atom is -0.508 e. The zero-order valence-corrected chi connectivity index (χ0v) is 32.2. The number of fused-ring (bicyclic) bond motifs is 3. The maximum absolute atomic E-state index is 17.2. The van der Waals surface area contributed by atoms with Gasteiger partial charge in [0.2, 0.25) is 5.88 Å². The van der Waals surface area contributed by atoms with E-state index in [1.165, 1.54) is 31.4 Å². The molecule has 3 N–H and O–H groups in total. The maximum Gasteiger partial charge on any atom is 0.319 e. The van der Waals surface area contributed by atoms with Gasteiger partial charge in [-0.15, -0.1) is 0 Å². The van der Waals surface area contributed by atoms with Crippen molar-refractivity contribution in [2.45, 2.75) is 82.3 Å². The molecule has 1 spiro atoms. The number of aliphatic hydroxyl groups is 2. The van der Waals surface area contributed by atoms with E-state index in [2.05, 4.69) is 14.9 Å². The van der Waals surface area contributed by atoms with Gasteiger partial charge in [-0.2, -0.15) is 9.97 Å². The van der Waals surface area contributed by atoms with Crippen LogP contribution < -0.4 is 14.4 Å². The van der Waals surface area contributed by atoms with Gasteiger partial charge in [0.15, 0.2) is 5.82 Å². The smallest absolute Gasteiger partial charge is 0.319 e. The fourth-order valence-electron chi connectivity index (χ4n) is 9.64. The molecule has 2 aromatic heterocycles. The Morgan fingerprint density at radius 1 is 1.02 bits per heavy atom. The number of rotatable bonds is 8. The third-order valence-corrected chi connectivity index (χ3v) is 12.2. The molecular weight excluding hydrogens is 728 g/mol. The zero-order chi connectivity index (χ0) is 39.2. The van der Waals surface area contributed by atoms with Gasteiger partial charge < -0.3 is 43.9 Å². The molecule has 4 unspecified atom stereocenters. The first-order valence-corrected chi connectivity index (χ1v) is 19.8. The van der Waals surface area contributed by atoms with Crippen molar-refractivity contribution >= 4 is 27.5 Å². The Morgan fingerprint density at radius 3 is 2.59 bits per heavy atom. The molecule has 5 fully saturated rings. The average molecular weight is 780 g/mol. The van der Waals surface area contributed by atoms with Crippen LogP contribution in [0.3, 0.4) is 0 Å². The Balaban J connectivity index is 0.00000217. The quantitative estimate of drug-likeness (QED) is 0.221. The van der Waals surface area contributed by atoms with Crippen molar-refractivity contribution in [1.29, 1.82) is 0 Å². The number of ether oxygens (including phenoxy) is 5. The molecule has 1 aliphatic carbocycles. The van der Waals surface area contributed by atoms with E-state index in [4.69, 9.17) is 28.7 Å². The Morgan fingerprint density at radius 2 is 1.84 bits per heavy atom. The molecule has 15 heteroatoms. The second kappa shape index (κ2) is 15.7. The van der Waals surface area contributed by atoms with Crippen molar-refractivity contribution in [1.82, 2.24) is 19.9 Å². The fourth-order valence-corrected chi connectivity index (χ4v) is 9.64. The number of nitrogens with zero attached hydrogens (tertiary/aromatic N) is 5. The summed E-state index contributed by atoms with van der Waals surface area (Å²) in [6.45, 7) is 7.11. The molecule has 2 aromatic carbocycles. The van der Waals surface area contributed by atoms with Gasteiger partial charge in [0, 0.05) is 41.5 Å². The highest BCUT2D eigenvalue weighted by Crippen LogP contribution is 2.50. The third kappa shape index (κ3) is 6.89. The van der Waals surface area contributed by atoms with E-state index >= 15 is 8.78 Å². The van der Waals surface area contributed by atoms with Gasteiger partial charge in [0.25, 0.3) is 0 Å². The second-order valence-corrected chi connectivity index (χ2v) is 15.6. The van der Waals surface area contributed by atoms with Crippen molar-refractivity contribution in [3.63, 3.8) is 0 Å². The number of aliphatic hydroxyl groups excluding tert-OH is 2. The summed E-state index contributed by atoms with van der Waals surface area (Å²) >= 11 is 0. The van der Waals surface area contributed by atoms with E-state index in [1.54, 1.807) is 11.0 Å². The highest BCUT2D eigenvalue weighted by molar-refractivity contribution is 6.02. The summed E-state index contributed by atoms with van der Waals surface area (Å²) in [5.74, 6) is -1.58. The molecular formula is C41H51F2N5O8. The van der Waals surface area contributed by atoms with Crippen molar-refractivity contribution in [2.75, 3.05) is 71.3 Å². The van der Waals surface area contributed by atoms with Crippen molar-refractivity contribution in [3.8, 4) is 28.9 Å². The lowest BCUT2D eigenvalue weighted by atomic mass is 9.74. The van der Waals surface area contributed by atoms with Gasteiger partial charge in [0.05, 0.1) is 59.0 Å². The minimum absolute atomic E-state index is 0.0152. The van der Waals surface area contributed by atoms with Crippen LogP contribution in [0.15, 0.2) is 30.3 Å². The molecule has 4 saturated heterocycles. The summed E-state index contributed by atoms with van der Waals surface area (Å²) in [6.07, 6.45) is 4.37. The first kappa shape index (κ1) is 38.9. The van der Waals surface area contributed by atoms with Crippen LogP contribution in [-0.2, 0) is 14.2 Å². The van der Waals surface area contributed by atoms with E-state index in [0.29, 0.717) is 37.9 Å². The Bertz CT molecular complexity index is 2070. The van der Waals surface area contributed by atoms with Gasteiger partial charge in [-0.1, -0.05) is 32.4 Å². The zero-order valence-electron chi connectivity index (χ0n) is 32.2. The number of hydrogen-bond acceptors (Lipinski definition) is 13. The van der Waals surface area contributed by atoms with Crippen LogP contribution in [0.2, 0.25) is 0 Å². The lowest BCUT2D eigenvalue weighted by Gasteiger charge is -2.48. The Kier molecular flexibility index (Phi) is 10.9. The highest BCUT2D eigenvalue weighted by Gasteiger charge is 2.54. The predicted molar refractivity (Wildman–Crippen MR) is 204 cm³/mol. The molecule has 5 atom stereocenters. The minimum atomic E-state index is -0.947. The van der Waals surface area contributed by atoms with Crippen LogP contribution in [0, 0.1) is 17.0 Å². The van der Waals surface area contributed by atoms with E-state index < -0.39 is 23.8 Å². The number of phenols is 1.